The minimum Gasteiger partial charge on any atom is -0.358 e. The number of aryl methyl sites for hydroxylation is 1. The predicted octanol–water partition coefficient (Wildman–Crippen LogP) is 3.53. The van der Waals surface area contributed by atoms with E-state index in [0.29, 0.717) is 22.9 Å². The quantitative estimate of drug-likeness (QED) is 0.783. The second-order valence-corrected chi connectivity index (χ2v) is 5.62. The van der Waals surface area contributed by atoms with Crippen LogP contribution in [-0.4, -0.2) is 30.0 Å². The number of aromatic nitrogens is 1. The van der Waals surface area contributed by atoms with Crippen LogP contribution in [-0.2, 0) is 19.0 Å². The summed E-state index contributed by atoms with van der Waals surface area (Å²) < 4.78 is 39.9. The lowest BCUT2D eigenvalue weighted by molar-refractivity contribution is -0.136. The number of nitrogens with zero attached hydrogens (tertiary/aromatic N) is 1. The molecule has 2 aromatic rings. The molecule has 0 bridgehead atoms. The lowest BCUT2D eigenvalue weighted by Crippen LogP contribution is -2.21. The van der Waals surface area contributed by atoms with E-state index in [4.69, 9.17) is 0 Å². The molecule has 1 N–H and O–H groups in total. The molecule has 20 heavy (non-hydrogen) atoms. The van der Waals surface area contributed by atoms with E-state index >= 15 is 0 Å². The van der Waals surface area contributed by atoms with Gasteiger partial charge in [-0.05, 0) is 43.7 Å². The van der Waals surface area contributed by atoms with Crippen LogP contribution in [0.15, 0.2) is 12.1 Å². The third kappa shape index (κ3) is 2.20. The number of benzene rings is 1. The largest absolute Gasteiger partial charge is 0.417 e. The maximum Gasteiger partial charge on any atom is 0.417 e. The van der Waals surface area contributed by atoms with Gasteiger partial charge in [-0.3, -0.25) is 0 Å². The lowest BCUT2D eigenvalue weighted by Gasteiger charge is -2.13. The van der Waals surface area contributed by atoms with Gasteiger partial charge in [0, 0.05) is 36.1 Å². The molecule has 0 unspecified atom stereocenters. The molecular formula is C15H17F3N2. The summed E-state index contributed by atoms with van der Waals surface area (Å²) in [6.45, 7) is 3.37. The maximum atomic E-state index is 13.3. The summed E-state index contributed by atoms with van der Waals surface area (Å²) in [5.41, 5.74) is 2.55. The minimum absolute atomic E-state index is 0.369. The fourth-order valence-electron chi connectivity index (χ4n) is 3.03. The fraction of sp³-hybridized carbons (Fsp3) is 0.467. The second kappa shape index (κ2) is 4.52. The van der Waals surface area contributed by atoms with Crippen molar-refractivity contribution >= 4 is 10.9 Å². The summed E-state index contributed by atoms with van der Waals surface area (Å²) in [6, 6.07) is 3.06. The average molecular weight is 282 g/mol. The molecule has 5 heteroatoms. The maximum absolute atomic E-state index is 13.3. The Morgan fingerprint density at radius 3 is 2.55 bits per heavy atom. The van der Waals surface area contributed by atoms with E-state index < -0.39 is 11.7 Å². The summed E-state index contributed by atoms with van der Waals surface area (Å²) in [7, 11) is 2.00. The highest BCUT2D eigenvalue weighted by Gasteiger charge is 2.35. The number of halogens is 3. The van der Waals surface area contributed by atoms with E-state index in [-0.39, 0.29) is 0 Å². The Morgan fingerprint density at radius 1 is 1.15 bits per heavy atom. The highest BCUT2D eigenvalue weighted by atomic mass is 19.4. The van der Waals surface area contributed by atoms with Crippen LogP contribution >= 0.6 is 0 Å². The number of H-pyrrole nitrogens is 1. The molecule has 1 aromatic heterocycles. The van der Waals surface area contributed by atoms with Crippen LogP contribution in [0.25, 0.3) is 10.9 Å². The third-order valence-electron chi connectivity index (χ3n) is 4.03. The van der Waals surface area contributed by atoms with Gasteiger partial charge in [0.2, 0.25) is 0 Å². The standard InChI is InChI=1S/C15H17F3N2/c1-9-7-11(15(16,17)18)14-10-3-5-20(2)6-4-12(10)19-13(14)8-9/h7-8,19H,3-6H2,1-2H3. The SMILES string of the molecule is Cc1cc(C(F)(F)F)c2c3c([nH]c2c1)CCN(C)CC3. The number of rotatable bonds is 0. The van der Waals surface area contributed by atoms with Gasteiger partial charge in [0.15, 0.2) is 0 Å². The van der Waals surface area contributed by atoms with Gasteiger partial charge >= 0.3 is 6.18 Å². The second-order valence-electron chi connectivity index (χ2n) is 5.62. The Kier molecular flexibility index (Phi) is 3.05. The van der Waals surface area contributed by atoms with Crippen molar-refractivity contribution in [2.24, 2.45) is 0 Å². The van der Waals surface area contributed by atoms with Gasteiger partial charge in [-0.25, -0.2) is 0 Å². The van der Waals surface area contributed by atoms with Crippen LogP contribution in [0.5, 0.6) is 0 Å². The molecule has 0 spiro atoms. The number of hydrogen-bond acceptors (Lipinski definition) is 1. The van der Waals surface area contributed by atoms with Gasteiger partial charge in [-0.15, -0.1) is 0 Å². The first kappa shape index (κ1) is 13.5. The van der Waals surface area contributed by atoms with Gasteiger partial charge in [0.1, 0.15) is 0 Å². The zero-order chi connectivity index (χ0) is 14.5. The van der Waals surface area contributed by atoms with E-state index in [9.17, 15) is 13.2 Å². The van der Waals surface area contributed by atoms with E-state index in [1.165, 1.54) is 6.07 Å². The van der Waals surface area contributed by atoms with Crippen molar-refractivity contribution in [3.05, 3.63) is 34.5 Å². The highest BCUT2D eigenvalue weighted by molar-refractivity contribution is 5.89. The number of hydrogen-bond donors (Lipinski definition) is 1. The molecule has 0 fully saturated rings. The van der Waals surface area contributed by atoms with Crippen LogP contribution in [0.2, 0.25) is 0 Å². The van der Waals surface area contributed by atoms with Gasteiger partial charge < -0.3 is 9.88 Å². The van der Waals surface area contributed by atoms with Crippen LogP contribution in [0, 0.1) is 6.92 Å². The van der Waals surface area contributed by atoms with Crippen molar-refractivity contribution in [2.75, 3.05) is 20.1 Å². The number of nitrogens with one attached hydrogen (secondary N) is 1. The van der Waals surface area contributed by atoms with E-state index in [1.807, 2.05) is 13.1 Å². The molecule has 1 aliphatic rings. The first-order valence-electron chi connectivity index (χ1n) is 6.76. The monoisotopic (exact) mass is 282 g/mol. The van der Waals surface area contributed by atoms with Crippen LogP contribution < -0.4 is 0 Å². The van der Waals surface area contributed by atoms with E-state index in [1.54, 1.807) is 6.92 Å². The first-order chi connectivity index (χ1) is 9.36. The summed E-state index contributed by atoms with van der Waals surface area (Å²) in [5, 5.41) is 0.369. The number of alkyl halides is 3. The first-order valence-corrected chi connectivity index (χ1v) is 6.76. The predicted molar refractivity (Wildman–Crippen MR) is 72.9 cm³/mol. The average Bonchev–Trinajstić information content (AvgIpc) is 2.58. The number of likely N-dealkylation sites (N-methyl/N-ethyl adjacent to an activating group) is 1. The normalized spacial score (nSPS) is 17.2. The molecule has 2 nitrogen and oxygen atoms in total. The molecule has 0 saturated heterocycles. The van der Waals surface area contributed by atoms with E-state index in [2.05, 4.69) is 9.88 Å². The van der Waals surface area contributed by atoms with Crippen molar-refractivity contribution < 1.29 is 13.2 Å². The Morgan fingerprint density at radius 2 is 1.85 bits per heavy atom. The summed E-state index contributed by atoms with van der Waals surface area (Å²) >= 11 is 0. The van der Waals surface area contributed by atoms with Crippen molar-refractivity contribution in [3.63, 3.8) is 0 Å². The Balaban J connectivity index is 2.27. The van der Waals surface area contributed by atoms with Crippen LogP contribution in [0.3, 0.4) is 0 Å². The van der Waals surface area contributed by atoms with Gasteiger partial charge in [0.25, 0.3) is 0 Å². The summed E-state index contributed by atoms with van der Waals surface area (Å²) in [5.74, 6) is 0. The molecular weight excluding hydrogens is 265 g/mol. The summed E-state index contributed by atoms with van der Waals surface area (Å²) in [6.07, 6.45) is -2.87. The van der Waals surface area contributed by atoms with Crippen LogP contribution in [0.4, 0.5) is 13.2 Å². The van der Waals surface area contributed by atoms with Crippen molar-refractivity contribution in [3.8, 4) is 0 Å². The molecule has 108 valence electrons. The molecule has 0 atom stereocenters. The van der Waals surface area contributed by atoms with Crippen molar-refractivity contribution in [1.82, 2.24) is 9.88 Å². The number of aromatic amines is 1. The smallest absolute Gasteiger partial charge is 0.358 e. The summed E-state index contributed by atoms with van der Waals surface area (Å²) in [4.78, 5) is 5.36. The molecule has 0 saturated carbocycles. The lowest BCUT2D eigenvalue weighted by atomic mass is 10.00. The zero-order valence-corrected chi connectivity index (χ0v) is 11.6. The Hall–Kier alpha value is -1.49. The van der Waals surface area contributed by atoms with Gasteiger partial charge in [-0.2, -0.15) is 13.2 Å². The molecule has 0 radical (unpaired) electrons. The van der Waals surface area contributed by atoms with Gasteiger partial charge in [0.05, 0.1) is 5.56 Å². The zero-order valence-electron chi connectivity index (χ0n) is 11.6. The molecule has 0 aliphatic carbocycles. The Labute approximate surface area is 115 Å². The Bertz CT molecular complexity index is 655. The third-order valence-corrected chi connectivity index (χ3v) is 4.03. The van der Waals surface area contributed by atoms with Gasteiger partial charge in [-0.1, -0.05) is 0 Å². The molecule has 0 amide bonds. The van der Waals surface area contributed by atoms with Crippen LogP contribution in [0.1, 0.15) is 22.4 Å². The topological polar surface area (TPSA) is 19.0 Å². The minimum atomic E-state index is -4.31. The highest BCUT2D eigenvalue weighted by Crippen LogP contribution is 2.39. The molecule has 3 rings (SSSR count). The van der Waals surface area contributed by atoms with Crippen molar-refractivity contribution in [1.29, 1.82) is 0 Å². The fourth-order valence-corrected chi connectivity index (χ4v) is 3.03. The molecule has 1 aliphatic heterocycles. The van der Waals surface area contributed by atoms with E-state index in [0.717, 1.165) is 30.8 Å². The molecule has 1 aromatic carbocycles. The van der Waals surface area contributed by atoms with Crippen molar-refractivity contribution in [2.45, 2.75) is 25.9 Å². The molecule has 2 heterocycles. The number of fused-ring (bicyclic) bond motifs is 3.